The number of likely N-dealkylation sites (tertiary alicyclic amines) is 2. The molecule has 1 aromatic rings. The number of aryl methyl sites for hydroxylation is 2. The first-order valence-corrected chi connectivity index (χ1v) is 9.60. The summed E-state index contributed by atoms with van der Waals surface area (Å²) in [7, 11) is 0. The number of aromatic nitrogens is 2. The van der Waals surface area contributed by atoms with E-state index in [4.69, 9.17) is 0 Å². The zero-order valence-electron chi connectivity index (χ0n) is 15.3. The summed E-state index contributed by atoms with van der Waals surface area (Å²) in [6, 6.07) is 2.35. The minimum absolute atomic E-state index is 0.148. The Hall–Kier alpha value is -1.85. The van der Waals surface area contributed by atoms with Crippen molar-refractivity contribution in [3.63, 3.8) is 0 Å². The quantitative estimate of drug-likeness (QED) is 0.838. The van der Waals surface area contributed by atoms with E-state index in [0.717, 1.165) is 37.3 Å². The molecule has 2 amide bonds. The highest BCUT2D eigenvalue weighted by Gasteiger charge is 2.39. The molecule has 3 heterocycles. The first-order chi connectivity index (χ1) is 12.0. The summed E-state index contributed by atoms with van der Waals surface area (Å²) in [5, 5.41) is 4.61. The Balaban J connectivity index is 1.40. The Morgan fingerprint density at radius 2 is 2.04 bits per heavy atom. The number of hydrogen-bond acceptors (Lipinski definition) is 3. The maximum Gasteiger partial charge on any atom is 0.228 e. The van der Waals surface area contributed by atoms with Gasteiger partial charge in [-0.1, -0.05) is 0 Å². The van der Waals surface area contributed by atoms with Gasteiger partial charge in [-0.05, 0) is 51.5 Å². The van der Waals surface area contributed by atoms with Crippen LogP contribution in [-0.2, 0) is 9.59 Å². The lowest BCUT2D eigenvalue weighted by Crippen LogP contribution is -2.44. The zero-order chi connectivity index (χ0) is 17.6. The summed E-state index contributed by atoms with van der Waals surface area (Å²) in [5.41, 5.74) is 2.18. The van der Waals surface area contributed by atoms with Crippen molar-refractivity contribution in [1.82, 2.24) is 19.6 Å². The lowest BCUT2D eigenvalue weighted by atomic mass is 10.0. The van der Waals surface area contributed by atoms with Crippen molar-refractivity contribution >= 4 is 11.8 Å². The molecule has 1 saturated carbocycles. The summed E-state index contributed by atoms with van der Waals surface area (Å²) >= 11 is 0. The summed E-state index contributed by atoms with van der Waals surface area (Å²) in [5.74, 6) is 0.865. The molecule has 4 rings (SSSR count). The van der Waals surface area contributed by atoms with E-state index < -0.39 is 0 Å². The Morgan fingerprint density at radius 1 is 1.24 bits per heavy atom. The third-order valence-electron chi connectivity index (χ3n) is 5.84. The molecule has 0 bridgehead atoms. The average Bonchev–Trinajstić information content (AvgIpc) is 3.24. The highest BCUT2D eigenvalue weighted by atomic mass is 16.2. The maximum absolute atomic E-state index is 13.0. The number of nitrogens with zero attached hydrogens (tertiary/aromatic N) is 4. The summed E-state index contributed by atoms with van der Waals surface area (Å²) < 4.78 is 2.08. The number of carbonyl (C=O) groups is 2. The molecule has 2 saturated heterocycles. The van der Waals surface area contributed by atoms with Crippen molar-refractivity contribution in [2.45, 2.75) is 52.0 Å². The van der Waals surface area contributed by atoms with Crippen molar-refractivity contribution < 1.29 is 9.59 Å². The van der Waals surface area contributed by atoms with Crippen molar-refractivity contribution in [3.05, 3.63) is 17.5 Å². The van der Waals surface area contributed by atoms with Crippen LogP contribution in [-0.4, -0.2) is 57.6 Å². The van der Waals surface area contributed by atoms with E-state index in [-0.39, 0.29) is 23.8 Å². The van der Waals surface area contributed by atoms with E-state index in [1.165, 1.54) is 12.8 Å². The van der Waals surface area contributed by atoms with Gasteiger partial charge in [-0.15, -0.1) is 0 Å². The van der Waals surface area contributed by atoms with Crippen LogP contribution >= 0.6 is 0 Å². The van der Waals surface area contributed by atoms with Gasteiger partial charge in [0.25, 0.3) is 0 Å². The molecule has 2 unspecified atom stereocenters. The molecule has 0 spiro atoms. The van der Waals surface area contributed by atoms with Gasteiger partial charge in [0, 0.05) is 38.3 Å². The van der Waals surface area contributed by atoms with Crippen LogP contribution in [0.2, 0.25) is 0 Å². The number of carbonyl (C=O) groups excluding carboxylic acids is 2. The molecule has 2 atom stereocenters. The highest BCUT2D eigenvalue weighted by Crippen LogP contribution is 2.33. The second-order valence-electron chi connectivity index (χ2n) is 8.10. The third kappa shape index (κ3) is 3.44. The van der Waals surface area contributed by atoms with Gasteiger partial charge in [0.2, 0.25) is 11.8 Å². The standard InChI is InChI=1S/C19H28N4O2/c1-13-8-14(2)23(20-13)17-4-3-7-21(12-17)19(25)16-9-18(24)22(11-16)10-15-5-6-15/h8,15-17H,3-7,9-12H2,1-2H3. The molecular formula is C19H28N4O2. The van der Waals surface area contributed by atoms with Crippen LogP contribution in [0.15, 0.2) is 6.07 Å². The Labute approximate surface area is 149 Å². The first-order valence-electron chi connectivity index (χ1n) is 9.60. The average molecular weight is 344 g/mol. The molecule has 1 aliphatic carbocycles. The molecule has 0 radical (unpaired) electrons. The summed E-state index contributed by atoms with van der Waals surface area (Å²) in [4.78, 5) is 29.1. The molecule has 0 aromatic carbocycles. The van der Waals surface area contributed by atoms with Gasteiger partial charge in [0.1, 0.15) is 0 Å². The third-order valence-corrected chi connectivity index (χ3v) is 5.84. The smallest absolute Gasteiger partial charge is 0.228 e. The highest BCUT2D eigenvalue weighted by molar-refractivity contribution is 5.89. The molecule has 3 fully saturated rings. The van der Waals surface area contributed by atoms with Gasteiger partial charge in [0.05, 0.1) is 17.7 Å². The molecule has 2 aliphatic heterocycles. The van der Waals surface area contributed by atoms with Crippen LogP contribution in [0.1, 0.15) is 49.5 Å². The summed E-state index contributed by atoms with van der Waals surface area (Å²) in [6.45, 7) is 7.09. The monoisotopic (exact) mass is 344 g/mol. The van der Waals surface area contributed by atoms with Crippen LogP contribution in [0.25, 0.3) is 0 Å². The van der Waals surface area contributed by atoms with Crippen molar-refractivity contribution in [3.8, 4) is 0 Å². The number of piperidine rings is 1. The van der Waals surface area contributed by atoms with Gasteiger partial charge < -0.3 is 9.80 Å². The van der Waals surface area contributed by atoms with Gasteiger partial charge in [-0.2, -0.15) is 5.10 Å². The fourth-order valence-electron chi connectivity index (χ4n) is 4.35. The topological polar surface area (TPSA) is 58.4 Å². The van der Waals surface area contributed by atoms with Gasteiger partial charge in [0.15, 0.2) is 0 Å². The maximum atomic E-state index is 13.0. The fourth-order valence-corrected chi connectivity index (χ4v) is 4.35. The number of hydrogen-bond donors (Lipinski definition) is 0. The fraction of sp³-hybridized carbons (Fsp3) is 0.737. The van der Waals surface area contributed by atoms with E-state index in [0.29, 0.717) is 25.4 Å². The van der Waals surface area contributed by atoms with E-state index in [1.54, 1.807) is 0 Å². The number of amides is 2. The SMILES string of the molecule is Cc1cc(C)n(C2CCCN(C(=O)C3CC(=O)N(CC4CC4)C3)C2)n1. The normalized spacial score (nSPS) is 27.2. The second-order valence-corrected chi connectivity index (χ2v) is 8.10. The molecule has 136 valence electrons. The van der Waals surface area contributed by atoms with Crippen LogP contribution < -0.4 is 0 Å². The van der Waals surface area contributed by atoms with E-state index in [1.807, 2.05) is 16.7 Å². The molecular weight excluding hydrogens is 316 g/mol. The minimum atomic E-state index is -0.148. The van der Waals surface area contributed by atoms with E-state index >= 15 is 0 Å². The van der Waals surface area contributed by atoms with Crippen molar-refractivity contribution in [2.24, 2.45) is 11.8 Å². The lowest BCUT2D eigenvalue weighted by Gasteiger charge is -2.34. The number of rotatable bonds is 4. The van der Waals surface area contributed by atoms with Crippen LogP contribution in [0.4, 0.5) is 0 Å². The van der Waals surface area contributed by atoms with Crippen molar-refractivity contribution in [2.75, 3.05) is 26.2 Å². The lowest BCUT2D eigenvalue weighted by molar-refractivity contribution is -0.137. The molecule has 3 aliphatic rings. The van der Waals surface area contributed by atoms with E-state index in [2.05, 4.69) is 22.8 Å². The zero-order valence-corrected chi connectivity index (χ0v) is 15.3. The van der Waals surface area contributed by atoms with Crippen LogP contribution in [0, 0.1) is 25.7 Å². The Morgan fingerprint density at radius 3 is 2.72 bits per heavy atom. The first kappa shape index (κ1) is 16.6. The predicted octanol–water partition coefficient (Wildman–Crippen LogP) is 1.92. The molecule has 25 heavy (non-hydrogen) atoms. The summed E-state index contributed by atoms with van der Waals surface area (Å²) in [6.07, 6.45) is 4.93. The molecule has 6 heteroatoms. The largest absolute Gasteiger partial charge is 0.342 e. The van der Waals surface area contributed by atoms with Crippen molar-refractivity contribution in [1.29, 1.82) is 0 Å². The van der Waals surface area contributed by atoms with Crippen LogP contribution in [0.3, 0.4) is 0 Å². The Kier molecular flexibility index (Phi) is 4.29. The van der Waals surface area contributed by atoms with Crippen LogP contribution in [0.5, 0.6) is 0 Å². The molecule has 0 N–H and O–H groups in total. The van der Waals surface area contributed by atoms with Gasteiger partial charge in [-0.3, -0.25) is 14.3 Å². The van der Waals surface area contributed by atoms with E-state index in [9.17, 15) is 9.59 Å². The molecule has 1 aromatic heterocycles. The Bertz CT molecular complexity index is 679. The second kappa shape index (κ2) is 6.46. The van der Waals surface area contributed by atoms with Gasteiger partial charge >= 0.3 is 0 Å². The predicted molar refractivity (Wildman–Crippen MR) is 94.0 cm³/mol. The molecule has 6 nitrogen and oxygen atoms in total. The minimum Gasteiger partial charge on any atom is -0.342 e. The van der Waals surface area contributed by atoms with Gasteiger partial charge in [-0.25, -0.2) is 0 Å².